The number of fused-ring (bicyclic) bond motifs is 1. The zero-order chi connectivity index (χ0) is 12.0. The van der Waals surface area contributed by atoms with Crippen LogP contribution in [-0.2, 0) is 15.8 Å². The zero-order valence-electron chi connectivity index (χ0n) is 9.02. The molecule has 0 amide bonds. The first kappa shape index (κ1) is 11.2. The molecule has 0 unspecified atom stereocenters. The van der Waals surface area contributed by atoms with Gasteiger partial charge in [-0.2, -0.15) is 8.42 Å². The van der Waals surface area contributed by atoms with E-state index in [9.17, 15) is 8.42 Å². The molecule has 6 heteroatoms. The third-order valence-corrected chi connectivity index (χ3v) is 3.05. The number of nitrogens with one attached hydrogen (secondary N) is 1. The predicted octanol–water partition coefficient (Wildman–Crippen LogP) is 1.57. The highest BCUT2D eigenvalue weighted by Gasteiger charge is 2.29. The van der Waals surface area contributed by atoms with Gasteiger partial charge in [0.1, 0.15) is 5.75 Å². The largest absolute Gasteiger partial charge is 0.446 e. The number of benzene rings is 1. The first-order valence-electron chi connectivity index (χ1n) is 4.83. The van der Waals surface area contributed by atoms with Crippen molar-refractivity contribution in [3.63, 3.8) is 0 Å². The summed E-state index contributed by atoms with van der Waals surface area (Å²) in [6, 6.07) is 4.90. The van der Waals surface area contributed by atoms with Crippen molar-refractivity contribution in [2.75, 3.05) is 11.9 Å². The fourth-order valence-electron chi connectivity index (χ4n) is 1.84. The maximum Gasteiger partial charge on any atom is 0.446 e. The lowest BCUT2D eigenvalue weighted by Gasteiger charge is -2.16. The van der Waals surface area contributed by atoms with Gasteiger partial charge in [-0.1, -0.05) is 19.9 Å². The molecule has 0 saturated heterocycles. The van der Waals surface area contributed by atoms with Gasteiger partial charge >= 0.3 is 10.4 Å². The van der Waals surface area contributed by atoms with E-state index in [2.05, 4.69) is 23.3 Å². The second-order valence-electron chi connectivity index (χ2n) is 4.46. The van der Waals surface area contributed by atoms with Crippen molar-refractivity contribution in [1.82, 2.24) is 0 Å². The Morgan fingerprint density at radius 2 is 2.12 bits per heavy atom. The lowest BCUT2D eigenvalue weighted by molar-refractivity contribution is 0.387. The Hall–Kier alpha value is -1.27. The van der Waals surface area contributed by atoms with Crippen LogP contribution in [0.5, 0.6) is 5.75 Å². The Morgan fingerprint density at radius 1 is 1.44 bits per heavy atom. The van der Waals surface area contributed by atoms with Crippen LogP contribution in [0.4, 0.5) is 5.69 Å². The molecule has 0 aliphatic carbocycles. The molecule has 0 radical (unpaired) electrons. The molecule has 16 heavy (non-hydrogen) atoms. The number of anilines is 1. The first-order chi connectivity index (χ1) is 7.28. The molecule has 2 N–H and O–H groups in total. The molecular weight excluding hydrogens is 230 g/mol. The van der Waals surface area contributed by atoms with Crippen LogP contribution < -0.4 is 9.50 Å². The SMILES string of the molecule is CC1(C)CNc2cc(OS(=O)(=O)O)ccc21. The van der Waals surface area contributed by atoms with Gasteiger partial charge in [0.15, 0.2) is 0 Å². The fourth-order valence-corrected chi connectivity index (χ4v) is 2.19. The molecule has 0 saturated carbocycles. The van der Waals surface area contributed by atoms with E-state index >= 15 is 0 Å². The number of rotatable bonds is 2. The highest BCUT2D eigenvalue weighted by Crippen LogP contribution is 2.38. The van der Waals surface area contributed by atoms with Crippen LogP contribution in [0.2, 0.25) is 0 Å². The molecule has 1 heterocycles. The van der Waals surface area contributed by atoms with Gasteiger partial charge in [0.25, 0.3) is 0 Å². The van der Waals surface area contributed by atoms with Crippen molar-refractivity contribution in [3.8, 4) is 5.75 Å². The van der Waals surface area contributed by atoms with Crippen LogP contribution in [0.1, 0.15) is 19.4 Å². The molecular formula is C10H13NO4S. The zero-order valence-corrected chi connectivity index (χ0v) is 9.84. The minimum atomic E-state index is -4.45. The Bertz CT molecular complexity index is 522. The van der Waals surface area contributed by atoms with Crippen molar-refractivity contribution in [2.45, 2.75) is 19.3 Å². The maximum atomic E-state index is 10.5. The highest BCUT2D eigenvalue weighted by molar-refractivity contribution is 7.81. The van der Waals surface area contributed by atoms with E-state index < -0.39 is 10.4 Å². The van der Waals surface area contributed by atoms with Crippen LogP contribution >= 0.6 is 0 Å². The average Bonchev–Trinajstić information content (AvgIpc) is 2.39. The minimum Gasteiger partial charge on any atom is -0.384 e. The average molecular weight is 243 g/mol. The molecule has 0 atom stereocenters. The van der Waals surface area contributed by atoms with Crippen molar-refractivity contribution in [2.24, 2.45) is 0 Å². The van der Waals surface area contributed by atoms with E-state index in [4.69, 9.17) is 4.55 Å². The summed E-state index contributed by atoms with van der Waals surface area (Å²) in [5.41, 5.74) is 1.97. The molecule has 0 bridgehead atoms. The summed E-state index contributed by atoms with van der Waals surface area (Å²) in [6.07, 6.45) is 0. The lowest BCUT2D eigenvalue weighted by atomic mass is 9.87. The molecule has 1 aromatic carbocycles. The standard InChI is InChI=1S/C10H13NO4S/c1-10(2)6-11-9-5-7(3-4-8(9)10)15-16(12,13)14/h3-5,11H,6H2,1-2H3,(H,12,13,14). The van der Waals surface area contributed by atoms with E-state index in [0.29, 0.717) is 0 Å². The van der Waals surface area contributed by atoms with Gasteiger partial charge in [-0.15, -0.1) is 0 Å². The topological polar surface area (TPSA) is 75.6 Å². The number of hydrogen-bond donors (Lipinski definition) is 2. The molecule has 0 fully saturated rings. The molecule has 1 aliphatic heterocycles. The quantitative estimate of drug-likeness (QED) is 0.771. The minimum absolute atomic E-state index is 0.0198. The molecule has 1 aromatic rings. The van der Waals surface area contributed by atoms with Crippen LogP contribution in [0.25, 0.3) is 0 Å². The summed E-state index contributed by atoms with van der Waals surface area (Å²) < 4.78 is 34.0. The number of hydrogen-bond acceptors (Lipinski definition) is 4. The predicted molar refractivity (Wildman–Crippen MR) is 60.1 cm³/mol. The van der Waals surface area contributed by atoms with E-state index in [-0.39, 0.29) is 11.2 Å². The summed E-state index contributed by atoms with van der Waals surface area (Å²) in [6.45, 7) is 4.97. The molecule has 5 nitrogen and oxygen atoms in total. The summed E-state index contributed by atoms with van der Waals surface area (Å²) in [5, 5.41) is 3.16. The molecule has 1 aliphatic rings. The monoisotopic (exact) mass is 243 g/mol. The summed E-state index contributed by atoms with van der Waals surface area (Å²) >= 11 is 0. The van der Waals surface area contributed by atoms with Gasteiger partial charge in [0.2, 0.25) is 0 Å². The Morgan fingerprint density at radius 3 is 2.75 bits per heavy atom. The second kappa shape index (κ2) is 3.36. The van der Waals surface area contributed by atoms with Crippen molar-refractivity contribution >= 4 is 16.1 Å². The van der Waals surface area contributed by atoms with Gasteiger partial charge in [-0.05, 0) is 11.6 Å². The molecule has 88 valence electrons. The van der Waals surface area contributed by atoms with Crippen molar-refractivity contribution in [1.29, 1.82) is 0 Å². The van der Waals surface area contributed by atoms with Crippen LogP contribution in [0.15, 0.2) is 18.2 Å². The summed E-state index contributed by atoms with van der Waals surface area (Å²) in [5.74, 6) is 0.103. The lowest BCUT2D eigenvalue weighted by Crippen LogP contribution is -2.18. The van der Waals surface area contributed by atoms with Gasteiger partial charge in [0.05, 0.1) is 0 Å². The van der Waals surface area contributed by atoms with Gasteiger partial charge in [-0.25, -0.2) is 0 Å². The Balaban J connectivity index is 2.36. The summed E-state index contributed by atoms with van der Waals surface area (Å²) in [4.78, 5) is 0. The van der Waals surface area contributed by atoms with Gasteiger partial charge in [-0.3, -0.25) is 4.55 Å². The molecule has 0 aromatic heterocycles. The third kappa shape index (κ3) is 2.12. The van der Waals surface area contributed by atoms with Crippen LogP contribution in [0, 0.1) is 0 Å². The normalized spacial score (nSPS) is 17.7. The van der Waals surface area contributed by atoms with Crippen molar-refractivity contribution < 1.29 is 17.2 Å². The first-order valence-corrected chi connectivity index (χ1v) is 6.20. The molecule has 2 rings (SSSR count). The maximum absolute atomic E-state index is 10.5. The molecule has 0 spiro atoms. The van der Waals surface area contributed by atoms with Crippen LogP contribution in [0.3, 0.4) is 0 Å². The van der Waals surface area contributed by atoms with E-state index in [1.54, 1.807) is 12.1 Å². The Kier molecular flexibility index (Phi) is 2.36. The van der Waals surface area contributed by atoms with Crippen LogP contribution in [-0.4, -0.2) is 19.5 Å². The second-order valence-corrected chi connectivity index (χ2v) is 5.48. The third-order valence-electron chi connectivity index (χ3n) is 2.64. The van der Waals surface area contributed by atoms with E-state index in [1.165, 1.54) is 6.07 Å². The smallest absolute Gasteiger partial charge is 0.384 e. The van der Waals surface area contributed by atoms with E-state index in [1.807, 2.05) is 0 Å². The Labute approximate surface area is 94.4 Å². The summed E-state index contributed by atoms with van der Waals surface area (Å²) in [7, 11) is -4.45. The van der Waals surface area contributed by atoms with Crippen molar-refractivity contribution in [3.05, 3.63) is 23.8 Å². The fraction of sp³-hybridized carbons (Fsp3) is 0.400. The van der Waals surface area contributed by atoms with Gasteiger partial charge in [0, 0.05) is 23.7 Å². The van der Waals surface area contributed by atoms with E-state index in [0.717, 1.165) is 17.8 Å². The highest BCUT2D eigenvalue weighted by atomic mass is 32.3. The van der Waals surface area contributed by atoms with Gasteiger partial charge < -0.3 is 9.50 Å².